The lowest BCUT2D eigenvalue weighted by Gasteiger charge is -2.36. The van der Waals surface area contributed by atoms with Crippen molar-refractivity contribution >= 4 is 61.2 Å². The number of imide groups is 1. The third-order valence-corrected chi connectivity index (χ3v) is 11.7. The summed E-state index contributed by atoms with van der Waals surface area (Å²) in [6.45, 7) is 10.0. The Bertz CT molecular complexity index is 1010. The average Bonchev–Trinajstić information content (AvgIpc) is 3.47. The van der Waals surface area contributed by atoms with Gasteiger partial charge in [0.05, 0.1) is 23.0 Å². The molecule has 0 unspecified atom stereocenters. The second-order valence-electron chi connectivity index (χ2n) is 9.18. The van der Waals surface area contributed by atoms with Crippen molar-refractivity contribution in [1.82, 2.24) is 20.4 Å². The standard InChI is InChI=1S/C18H21N5O3S4/c1-16(2,3)10-19-21-14(27-10)29-30-15-22-20-13(28-15)23-11(24)17(4)8-6-7-9(26-8)18(17,5)12(23)25/h8-9H,6-7H2,1-5H3/t8-,9+,17-,18+. The number of aromatic nitrogens is 4. The molecule has 2 bridgehead atoms. The third kappa shape index (κ3) is 2.70. The van der Waals surface area contributed by atoms with Crippen LogP contribution in [0.3, 0.4) is 0 Å². The Labute approximate surface area is 190 Å². The van der Waals surface area contributed by atoms with Crippen molar-refractivity contribution in [3.8, 4) is 0 Å². The van der Waals surface area contributed by atoms with E-state index in [-0.39, 0.29) is 29.4 Å². The van der Waals surface area contributed by atoms with Gasteiger partial charge in [0.1, 0.15) is 5.01 Å². The number of carbonyl (C=O) groups is 2. The molecule has 4 atom stereocenters. The number of amides is 2. The Morgan fingerprint density at radius 3 is 2.00 bits per heavy atom. The van der Waals surface area contributed by atoms with Crippen LogP contribution < -0.4 is 4.90 Å². The molecule has 0 N–H and O–H groups in total. The van der Waals surface area contributed by atoms with Crippen molar-refractivity contribution in [2.75, 3.05) is 4.90 Å². The van der Waals surface area contributed by atoms with Crippen molar-refractivity contribution in [2.45, 2.75) is 73.8 Å². The van der Waals surface area contributed by atoms with Crippen LogP contribution in [0.4, 0.5) is 5.13 Å². The number of hydrogen-bond acceptors (Lipinski definition) is 11. The van der Waals surface area contributed by atoms with E-state index in [1.54, 1.807) is 11.3 Å². The molecule has 3 fully saturated rings. The van der Waals surface area contributed by atoms with E-state index in [0.717, 1.165) is 22.2 Å². The largest absolute Gasteiger partial charge is 0.373 e. The summed E-state index contributed by atoms with van der Waals surface area (Å²) in [6.07, 6.45) is 1.22. The van der Waals surface area contributed by atoms with Crippen LogP contribution in [0.1, 0.15) is 52.5 Å². The van der Waals surface area contributed by atoms with Crippen LogP contribution in [0.15, 0.2) is 8.68 Å². The molecule has 0 saturated carbocycles. The van der Waals surface area contributed by atoms with Gasteiger partial charge in [0, 0.05) is 5.41 Å². The molecule has 30 heavy (non-hydrogen) atoms. The molecule has 3 aliphatic heterocycles. The summed E-state index contributed by atoms with van der Waals surface area (Å²) in [7, 11) is 2.86. The van der Waals surface area contributed by atoms with Gasteiger partial charge in [-0.05, 0) is 48.3 Å². The SMILES string of the molecule is CC(C)(C)c1nnc(SSc2nnc(N3C(=O)[C@@]4(C)[C@H]5CC[C@H](O5)[C@@]4(C)C3=O)s2)s1. The van der Waals surface area contributed by atoms with E-state index in [0.29, 0.717) is 9.47 Å². The maximum atomic E-state index is 13.3. The number of fused-ring (bicyclic) bond motifs is 5. The van der Waals surface area contributed by atoms with E-state index < -0.39 is 10.8 Å². The summed E-state index contributed by atoms with van der Waals surface area (Å²) < 4.78 is 7.46. The number of ether oxygens (including phenoxy) is 1. The van der Waals surface area contributed by atoms with E-state index in [1.807, 2.05) is 13.8 Å². The van der Waals surface area contributed by atoms with Gasteiger partial charge in [-0.15, -0.1) is 20.4 Å². The molecule has 2 amide bonds. The normalized spacial score (nSPS) is 33.0. The Balaban J connectivity index is 1.34. The summed E-state index contributed by atoms with van der Waals surface area (Å²) in [6, 6.07) is 0. The highest BCUT2D eigenvalue weighted by Gasteiger charge is 2.77. The molecule has 3 aliphatic rings. The van der Waals surface area contributed by atoms with Crippen molar-refractivity contribution in [1.29, 1.82) is 0 Å². The predicted octanol–water partition coefficient (Wildman–Crippen LogP) is 3.93. The first kappa shape index (κ1) is 20.8. The van der Waals surface area contributed by atoms with Gasteiger partial charge in [-0.3, -0.25) is 9.59 Å². The van der Waals surface area contributed by atoms with Gasteiger partial charge < -0.3 is 4.74 Å². The topological polar surface area (TPSA) is 98.2 Å². The van der Waals surface area contributed by atoms with E-state index in [1.165, 1.54) is 37.8 Å². The third-order valence-electron chi connectivity index (χ3n) is 6.50. The summed E-state index contributed by atoms with van der Waals surface area (Å²) in [5.41, 5.74) is -1.71. The fraction of sp³-hybridized carbons (Fsp3) is 0.667. The first-order valence-corrected chi connectivity index (χ1v) is 13.4. The van der Waals surface area contributed by atoms with Crippen molar-refractivity contribution in [2.24, 2.45) is 10.8 Å². The number of nitrogens with zero attached hydrogens (tertiary/aromatic N) is 5. The van der Waals surface area contributed by atoms with Crippen molar-refractivity contribution in [3.05, 3.63) is 5.01 Å². The van der Waals surface area contributed by atoms with E-state index in [2.05, 4.69) is 41.2 Å². The van der Waals surface area contributed by atoms with Gasteiger partial charge in [0.15, 0.2) is 8.68 Å². The number of anilines is 1. The highest BCUT2D eigenvalue weighted by molar-refractivity contribution is 8.77. The molecule has 160 valence electrons. The first-order valence-electron chi connectivity index (χ1n) is 9.63. The molecule has 8 nitrogen and oxygen atoms in total. The molecule has 0 spiro atoms. The van der Waals surface area contributed by atoms with Crippen LogP contribution in [0, 0.1) is 10.8 Å². The van der Waals surface area contributed by atoms with Gasteiger partial charge >= 0.3 is 0 Å². The maximum Gasteiger partial charge on any atom is 0.245 e. The van der Waals surface area contributed by atoms with E-state index >= 15 is 0 Å². The first-order chi connectivity index (χ1) is 14.1. The molecule has 5 rings (SSSR count). The Hall–Kier alpha value is -1.08. The summed E-state index contributed by atoms with van der Waals surface area (Å²) >= 11 is 2.80. The molecular weight excluding hydrogens is 462 g/mol. The van der Waals surface area contributed by atoms with Crippen LogP contribution >= 0.6 is 44.3 Å². The van der Waals surface area contributed by atoms with Crippen molar-refractivity contribution in [3.63, 3.8) is 0 Å². The molecule has 2 aromatic rings. The smallest absolute Gasteiger partial charge is 0.245 e. The van der Waals surface area contributed by atoms with Crippen LogP contribution in [0.5, 0.6) is 0 Å². The van der Waals surface area contributed by atoms with E-state index in [4.69, 9.17) is 4.74 Å². The highest BCUT2D eigenvalue weighted by Crippen LogP contribution is 2.64. The molecule has 12 heteroatoms. The zero-order valence-electron chi connectivity index (χ0n) is 17.2. The quantitative estimate of drug-likeness (QED) is 0.364. The lowest BCUT2D eigenvalue weighted by atomic mass is 9.59. The lowest BCUT2D eigenvalue weighted by molar-refractivity contribution is -0.132. The van der Waals surface area contributed by atoms with Crippen LogP contribution in [0.2, 0.25) is 0 Å². The number of rotatable bonds is 4. The highest BCUT2D eigenvalue weighted by atomic mass is 33.1. The van der Waals surface area contributed by atoms with Crippen LogP contribution in [-0.4, -0.2) is 44.4 Å². The van der Waals surface area contributed by atoms with Crippen LogP contribution in [0.25, 0.3) is 0 Å². The fourth-order valence-corrected chi connectivity index (χ4v) is 8.64. The zero-order valence-corrected chi connectivity index (χ0v) is 20.4. The fourth-order valence-electron chi connectivity index (χ4n) is 4.55. The second kappa shape index (κ2) is 6.71. The number of hydrogen-bond donors (Lipinski definition) is 0. The zero-order chi connectivity index (χ0) is 21.5. The monoisotopic (exact) mass is 483 g/mol. The Morgan fingerprint density at radius 2 is 1.47 bits per heavy atom. The minimum atomic E-state index is -0.837. The summed E-state index contributed by atoms with van der Waals surface area (Å²) in [5.74, 6) is -0.442. The second-order valence-corrected chi connectivity index (χ2v) is 13.7. The summed E-state index contributed by atoms with van der Waals surface area (Å²) in [4.78, 5) is 27.9. The van der Waals surface area contributed by atoms with E-state index in [9.17, 15) is 9.59 Å². The lowest BCUT2D eigenvalue weighted by Crippen LogP contribution is -2.48. The van der Waals surface area contributed by atoms with Crippen LogP contribution in [-0.2, 0) is 19.7 Å². The molecule has 0 aromatic carbocycles. The van der Waals surface area contributed by atoms with Gasteiger partial charge in [0.2, 0.25) is 16.9 Å². The molecule has 0 aliphatic carbocycles. The average molecular weight is 484 g/mol. The summed E-state index contributed by atoms with van der Waals surface area (Å²) in [5, 5.41) is 18.1. The van der Waals surface area contributed by atoms with Gasteiger partial charge in [-0.25, -0.2) is 4.90 Å². The molecule has 0 radical (unpaired) electrons. The van der Waals surface area contributed by atoms with Crippen molar-refractivity contribution < 1.29 is 14.3 Å². The molecular formula is C18H21N5O3S4. The molecule has 2 aromatic heterocycles. The minimum absolute atomic E-state index is 0.0407. The van der Waals surface area contributed by atoms with Gasteiger partial charge in [0.25, 0.3) is 0 Å². The van der Waals surface area contributed by atoms with Gasteiger partial charge in [-0.1, -0.05) is 43.4 Å². The predicted molar refractivity (Wildman–Crippen MR) is 117 cm³/mol. The van der Waals surface area contributed by atoms with Gasteiger partial charge in [-0.2, -0.15) is 0 Å². The minimum Gasteiger partial charge on any atom is -0.373 e. The number of carbonyl (C=O) groups excluding carboxylic acids is 2. The Kier molecular flexibility index (Phi) is 4.65. The Morgan fingerprint density at radius 1 is 0.933 bits per heavy atom. The maximum absolute atomic E-state index is 13.3. The molecule has 5 heterocycles. The molecule has 3 saturated heterocycles.